The highest BCUT2D eigenvalue weighted by molar-refractivity contribution is 6.07. The van der Waals surface area contributed by atoms with Crippen molar-refractivity contribution >= 4 is 17.4 Å². The summed E-state index contributed by atoms with van der Waals surface area (Å²) in [6.45, 7) is 5.24. The first-order chi connectivity index (χ1) is 15.2. The number of aromatic amines is 1. The summed E-state index contributed by atoms with van der Waals surface area (Å²) in [5.41, 5.74) is 0.601. The Labute approximate surface area is 182 Å². The quantitative estimate of drug-likeness (QED) is 0.417. The molecular weight excluding hydrogens is 420 g/mol. The van der Waals surface area contributed by atoms with Gasteiger partial charge in [-0.1, -0.05) is 6.92 Å². The summed E-state index contributed by atoms with van der Waals surface area (Å²) in [5, 5.41) is 18.4. The Kier molecular flexibility index (Phi) is 6.23. The van der Waals surface area contributed by atoms with Crippen LogP contribution in [0, 0.1) is 24.0 Å². The predicted molar refractivity (Wildman–Crippen MR) is 115 cm³/mol. The number of aromatic nitrogens is 4. The third kappa shape index (κ3) is 4.15. The van der Waals surface area contributed by atoms with Crippen LogP contribution in [0.15, 0.2) is 23.0 Å². The fourth-order valence-electron chi connectivity index (χ4n) is 3.25. The number of nitrogens with zero attached hydrogens (tertiary/aromatic N) is 4. The zero-order valence-electron chi connectivity index (χ0n) is 18.2. The molecule has 0 fully saturated rings. The highest BCUT2D eigenvalue weighted by Gasteiger charge is 2.26. The number of hydrogen-bond acceptors (Lipinski definition) is 8. The van der Waals surface area contributed by atoms with Crippen LogP contribution in [-0.4, -0.2) is 44.8 Å². The van der Waals surface area contributed by atoms with Gasteiger partial charge in [0.25, 0.3) is 17.2 Å². The number of carbonyl (C=O) groups excluding carboxylic acids is 1. The van der Waals surface area contributed by atoms with Crippen LogP contribution in [0.3, 0.4) is 0 Å². The number of hydrogen-bond donors (Lipinski definition) is 2. The predicted octanol–water partition coefficient (Wildman–Crippen LogP) is 2.31. The van der Waals surface area contributed by atoms with E-state index in [-0.39, 0.29) is 34.4 Å². The standard InChI is InChI=1S/C20H22N6O6/c1-6-12-11(3)21-20(23-18(12)27)25-17(7-10(2)24-25)22-19(28)13-8-15(31-4)16(32-5)9-14(13)26(29)30/h7-9H,6H2,1-5H3,(H,22,28)(H,21,23,27). The lowest BCUT2D eigenvalue weighted by Gasteiger charge is -2.12. The van der Waals surface area contributed by atoms with Gasteiger partial charge in [0.15, 0.2) is 11.5 Å². The smallest absolute Gasteiger partial charge is 0.286 e. The van der Waals surface area contributed by atoms with Crippen molar-refractivity contribution in [1.82, 2.24) is 19.7 Å². The molecule has 2 heterocycles. The molecule has 0 spiro atoms. The van der Waals surface area contributed by atoms with Gasteiger partial charge < -0.3 is 14.8 Å². The molecule has 0 saturated heterocycles. The van der Waals surface area contributed by atoms with Crippen molar-refractivity contribution in [2.75, 3.05) is 19.5 Å². The molecule has 2 aromatic heterocycles. The number of carbonyl (C=O) groups is 1. The van der Waals surface area contributed by atoms with Crippen LogP contribution in [-0.2, 0) is 6.42 Å². The summed E-state index contributed by atoms with van der Waals surface area (Å²) < 4.78 is 11.5. The van der Waals surface area contributed by atoms with Crippen LogP contribution < -0.4 is 20.3 Å². The van der Waals surface area contributed by atoms with Crippen molar-refractivity contribution in [3.05, 3.63) is 61.2 Å². The number of aryl methyl sites for hydroxylation is 2. The Bertz CT molecular complexity index is 1260. The SMILES string of the molecule is CCc1c(C)nc(-n2nc(C)cc2NC(=O)c2cc(OC)c(OC)cc2[N+](=O)[O-])[nH]c1=O. The van der Waals surface area contributed by atoms with E-state index in [1.54, 1.807) is 19.9 Å². The van der Waals surface area contributed by atoms with Gasteiger partial charge in [-0.2, -0.15) is 9.78 Å². The van der Waals surface area contributed by atoms with E-state index in [0.717, 1.165) is 6.07 Å². The monoisotopic (exact) mass is 442 g/mol. The van der Waals surface area contributed by atoms with Crippen molar-refractivity contribution in [2.45, 2.75) is 27.2 Å². The van der Waals surface area contributed by atoms with Crippen LogP contribution in [0.4, 0.5) is 11.5 Å². The Morgan fingerprint density at radius 1 is 1.22 bits per heavy atom. The topological polar surface area (TPSA) is 154 Å². The second-order valence-electron chi connectivity index (χ2n) is 6.83. The zero-order chi connectivity index (χ0) is 23.6. The summed E-state index contributed by atoms with van der Waals surface area (Å²) in [6, 6.07) is 3.88. The maximum atomic E-state index is 13.0. The molecule has 0 aliphatic heterocycles. The van der Waals surface area contributed by atoms with Crippen molar-refractivity contribution in [1.29, 1.82) is 0 Å². The first kappa shape index (κ1) is 22.5. The molecule has 1 aromatic carbocycles. The molecular formula is C20H22N6O6. The fraction of sp³-hybridized carbons (Fsp3) is 0.300. The van der Waals surface area contributed by atoms with E-state index in [9.17, 15) is 19.7 Å². The van der Waals surface area contributed by atoms with Gasteiger partial charge in [0, 0.05) is 23.4 Å². The molecule has 0 radical (unpaired) electrons. The Morgan fingerprint density at radius 3 is 2.44 bits per heavy atom. The zero-order valence-corrected chi connectivity index (χ0v) is 18.2. The lowest BCUT2D eigenvalue weighted by Crippen LogP contribution is -2.22. The summed E-state index contributed by atoms with van der Waals surface area (Å²) in [5.74, 6) is -0.226. The number of methoxy groups -OCH3 is 2. The molecule has 168 valence electrons. The van der Waals surface area contributed by atoms with Crippen LogP contribution in [0.2, 0.25) is 0 Å². The first-order valence-corrected chi connectivity index (χ1v) is 9.58. The maximum absolute atomic E-state index is 13.0. The summed E-state index contributed by atoms with van der Waals surface area (Å²) >= 11 is 0. The van der Waals surface area contributed by atoms with E-state index in [0.29, 0.717) is 23.4 Å². The maximum Gasteiger partial charge on any atom is 0.286 e. The number of nitrogens with one attached hydrogen (secondary N) is 2. The Hall–Kier alpha value is -4.22. The molecule has 0 aliphatic carbocycles. The molecule has 2 N–H and O–H groups in total. The summed E-state index contributed by atoms with van der Waals surface area (Å²) in [7, 11) is 2.69. The third-order valence-electron chi connectivity index (χ3n) is 4.78. The van der Waals surface area contributed by atoms with Gasteiger partial charge in [0.1, 0.15) is 11.4 Å². The van der Waals surface area contributed by atoms with Crippen molar-refractivity contribution in [3.8, 4) is 17.4 Å². The number of ether oxygens (including phenoxy) is 2. The molecule has 0 aliphatic rings. The van der Waals surface area contributed by atoms with Gasteiger partial charge in [0.2, 0.25) is 5.95 Å². The van der Waals surface area contributed by atoms with Gasteiger partial charge in [-0.25, -0.2) is 4.98 Å². The van der Waals surface area contributed by atoms with Gasteiger partial charge in [0.05, 0.1) is 30.9 Å². The third-order valence-corrected chi connectivity index (χ3v) is 4.78. The number of benzene rings is 1. The molecule has 3 aromatic rings. The van der Waals surface area contributed by atoms with Gasteiger partial charge >= 0.3 is 0 Å². The van der Waals surface area contributed by atoms with E-state index in [1.165, 1.54) is 25.0 Å². The van der Waals surface area contributed by atoms with Gasteiger partial charge in [-0.15, -0.1) is 0 Å². The lowest BCUT2D eigenvalue weighted by atomic mass is 10.1. The van der Waals surface area contributed by atoms with Gasteiger partial charge in [-0.3, -0.25) is 24.7 Å². The summed E-state index contributed by atoms with van der Waals surface area (Å²) in [4.78, 5) is 43.2. The minimum Gasteiger partial charge on any atom is -0.493 e. The van der Waals surface area contributed by atoms with Crippen LogP contribution in [0.25, 0.3) is 5.95 Å². The van der Waals surface area contributed by atoms with Crippen molar-refractivity contribution in [3.63, 3.8) is 0 Å². The normalized spacial score (nSPS) is 10.7. The van der Waals surface area contributed by atoms with Crippen molar-refractivity contribution < 1.29 is 19.2 Å². The second kappa shape index (κ2) is 8.88. The average Bonchev–Trinajstić information content (AvgIpc) is 3.12. The number of anilines is 1. The Balaban J connectivity index is 2.06. The van der Waals surface area contributed by atoms with E-state index in [4.69, 9.17) is 9.47 Å². The number of nitro benzene ring substituents is 1. The largest absolute Gasteiger partial charge is 0.493 e. The minimum absolute atomic E-state index is 0.106. The number of H-pyrrole nitrogens is 1. The van der Waals surface area contributed by atoms with Gasteiger partial charge in [-0.05, 0) is 20.3 Å². The molecule has 12 nitrogen and oxygen atoms in total. The molecule has 0 unspecified atom stereocenters. The number of rotatable bonds is 7. The van der Waals surface area contributed by atoms with Crippen LogP contribution >= 0.6 is 0 Å². The molecule has 0 bridgehead atoms. The molecule has 32 heavy (non-hydrogen) atoms. The molecule has 12 heteroatoms. The van der Waals surface area contributed by atoms with Crippen LogP contribution in [0.1, 0.15) is 34.2 Å². The van der Waals surface area contributed by atoms with Crippen molar-refractivity contribution in [2.24, 2.45) is 0 Å². The molecule has 1 amide bonds. The second-order valence-corrected chi connectivity index (χ2v) is 6.83. The Morgan fingerprint density at radius 2 is 1.88 bits per heavy atom. The summed E-state index contributed by atoms with van der Waals surface area (Å²) in [6.07, 6.45) is 0.513. The average molecular weight is 442 g/mol. The highest BCUT2D eigenvalue weighted by atomic mass is 16.6. The van der Waals surface area contributed by atoms with E-state index < -0.39 is 16.5 Å². The molecule has 3 rings (SSSR count). The molecule has 0 atom stereocenters. The number of amides is 1. The van der Waals surface area contributed by atoms with Crippen LogP contribution in [0.5, 0.6) is 11.5 Å². The first-order valence-electron chi connectivity index (χ1n) is 9.58. The minimum atomic E-state index is -0.775. The van der Waals surface area contributed by atoms with E-state index in [1.807, 2.05) is 6.92 Å². The highest BCUT2D eigenvalue weighted by Crippen LogP contribution is 2.35. The number of nitro groups is 1. The lowest BCUT2D eigenvalue weighted by molar-refractivity contribution is -0.385. The molecule has 0 saturated carbocycles. The van der Waals surface area contributed by atoms with E-state index in [2.05, 4.69) is 20.4 Å². The van der Waals surface area contributed by atoms with E-state index >= 15 is 0 Å². The fourth-order valence-corrected chi connectivity index (χ4v) is 3.25.